The van der Waals surface area contributed by atoms with E-state index in [4.69, 9.17) is 11.6 Å². The number of hydrazine groups is 1. The van der Waals surface area contributed by atoms with Crippen LogP contribution in [0.25, 0.3) is 16.7 Å². The van der Waals surface area contributed by atoms with E-state index in [9.17, 15) is 9.90 Å². The molecule has 1 aliphatic carbocycles. The van der Waals surface area contributed by atoms with E-state index < -0.39 is 0 Å². The summed E-state index contributed by atoms with van der Waals surface area (Å²) in [5, 5.41) is 20.6. The lowest BCUT2D eigenvalue weighted by Gasteiger charge is -2.24. The van der Waals surface area contributed by atoms with Crippen molar-refractivity contribution in [3.63, 3.8) is 0 Å². The molecule has 3 aromatic rings. The predicted molar refractivity (Wildman–Crippen MR) is 126 cm³/mol. The Balaban J connectivity index is 1.62. The fourth-order valence-corrected chi connectivity index (χ4v) is 4.32. The summed E-state index contributed by atoms with van der Waals surface area (Å²) >= 11 is 6.08. The average Bonchev–Trinajstić information content (AvgIpc) is 3.16. The van der Waals surface area contributed by atoms with Gasteiger partial charge in [-0.2, -0.15) is 0 Å². The van der Waals surface area contributed by atoms with Gasteiger partial charge < -0.3 is 5.11 Å². The number of phenolic OH excluding ortho intramolecular Hbond substituents is 1. The van der Waals surface area contributed by atoms with E-state index in [2.05, 4.69) is 21.0 Å². The van der Waals surface area contributed by atoms with E-state index in [0.29, 0.717) is 27.8 Å². The Bertz CT molecular complexity index is 1130. The summed E-state index contributed by atoms with van der Waals surface area (Å²) in [4.78, 5) is 14.0. The normalized spacial score (nSPS) is 15.2. The molecule has 0 unspecified atom stereocenters. The molecule has 7 nitrogen and oxygen atoms in total. The van der Waals surface area contributed by atoms with Crippen LogP contribution in [-0.4, -0.2) is 32.0 Å². The van der Waals surface area contributed by atoms with Gasteiger partial charge in [-0.25, -0.2) is 5.43 Å². The Morgan fingerprint density at radius 1 is 1.12 bits per heavy atom. The Morgan fingerprint density at radius 3 is 2.56 bits per heavy atom. The number of aromatic nitrogens is 3. The molecule has 1 aromatic heterocycles. The maximum atomic E-state index is 12.6. The van der Waals surface area contributed by atoms with Gasteiger partial charge in [0.25, 0.3) is 0 Å². The Labute approximate surface area is 193 Å². The zero-order chi connectivity index (χ0) is 22.9. The van der Waals surface area contributed by atoms with Gasteiger partial charge in [0.15, 0.2) is 0 Å². The number of carbonyl (C=O) groups is 1. The number of benzene rings is 2. The molecule has 8 heteroatoms. The Morgan fingerprint density at radius 2 is 1.84 bits per heavy atom. The van der Waals surface area contributed by atoms with Gasteiger partial charge in [-0.3, -0.25) is 10.2 Å². The fraction of sp³-hybridized carbons (Fsp3) is 0.458. The van der Waals surface area contributed by atoms with Crippen molar-refractivity contribution < 1.29 is 9.90 Å². The maximum absolute atomic E-state index is 12.6. The number of aromatic hydroxyl groups is 1. The van der Waals surface area contributed by atoms with Gasteiger partial charge in [-0.15, -0.1) is 15.0 Å². The lowest BCUT2D eigenvalue weighted by atomic mass is 9.84. The van der Waals surface area contributed by atoms with Crippen LogP contribution in [0.3, 0.4) is 0 Å². The quantitative estimate of drug-likeness (QED) is 0.490. The smallest absolute Gasteiger partial charge is 0.238 e. The lowest BCUT2D eigenvalue weighted by Crippen LogP contribution is -2.45. The number of phenols is 1. The van der Waals surface area contributed by atoms with Gasteiger partial charge in [0, 0.05) is 16.6 Å². The molecule has 0 bridgehead atoms. The highest BCUT2D eigenvalue weighted by Gasteiger charge is 2.24. The second kappa shape index (κ2) is 9.08. The van der Waals surface area contributed by atoms with Crippen LogP contribution < -0.4 is 10.9 Å². The van der Waals surface area contributed by atoms with E-state index >= 15 is 0 Å². The number of rotatable bonds is 5. The van der Waals surface area contributed by atoms with E-state index in [1.807, 2.05) is 26.8 Å². The number of halogens is 1. The van der Waals surface area contributed by atoms with Crippen molar-refractivity contribution in [2.24, 2.45) is 0 Å². The average molecular weight is 456 g/mol. The van der Waals surface area contributed by atoms with Crippen LogP contribution >= 0.6 is 11.6 Å². The fourth-order valence-electron chi connectivity index (χ4n) is 4.16. The number of nitrogens with one attached hydrogen (secondary N) is 2. The lowest BCUT2D eigenvalue weighted by molar-refractivity contribution is -0.121. The zero-order valence-electron chi connectivity index (χ0n) is 18.8. The highest BCUT2D eigenvalue weighted by Crippen LogP contribution is 2.36. The summed E-state index contributed by atoms with van der Waals surface area (Å²) in [6, 6.07) is 9.27. The Kier molecular flexibility index (Phi) is 6.40. The minimum Gasteiger partial charge on any atom is -0.505 e. The molecule has 0 atom stereocenters. The summed E-state index contributed by atoms with van der Waals surface area (Å²) in [5.41, 5.74) is 8.96. The second-order valence-electron chi connectivity index (χ2n) is 9.59. The van der Waals surface area contributed by atoms with E-state index in [1.165, 1.54) is 24.1 Å². The first-order valence-electron chi connectivity index (χ1n) is 11.1. The molecular formula is C24H30ClN5O2. The molecule has 32 heavy (non-hydrogen) atoms. The van der Waals surface area contributed by atoms with Gasteiger partial charge >= 0.3 is 0 Å². The highest BCUT2D eigenvalue weighted by molar-refractivity contribution is 6.31. The van der Waals surface area contributed by atoms with Crippen LogP contribution in [0.5, 0.6) is 5.75 Å². The number of hydrogen-bond acceptors (Lipinski definition) is 5. The summed E-state index contributed by atoms with van der Waals surface area (Å²) in [5.74, 6) is -0.00849. The molecular weight excluding hydrogens is 426 g/mol. The molecule has 1 saturated carbocycles. The standard InChI is InChI=1S/C24H30ClN5O2/c1-24(2,3)18-11-15(13-22(31)27-26-17-7-5-4-6-8-17)12-21(23(18)32)30-28-19-10-9-16(25)14-20(19)29-30/h9-12,14,17,26,32H,4-8,13H2,1-3H3,(H,27,31). The molecule has 0 saturated heterocycles. The second-order valence-corrected chi connectivity index (χ2v) is 10.0. The number of amides is 1. The molecule has 4 rings (SSSR count). The molecule has 170 valence electrons. The number of hydrogen-bond donors (Lipinski definition) is 3. The van der Waals surface area contributed by atoms with Crippen molar-refractivity contribution >= 4 is 28.5 Å². The molecule has 0 aliphatic heterocycles. The number of nitrogens with zero attached hydrogens (tertiary/aromatic N) is 3. The molecule has 3 N–H and O–H groups in total. The Hall–Kier alpha value is -2.64. The summed E-state index contributed by atoms with van der Waals surface area (Å²) in [6.45, 7) is 6.06. The largest absolute Gasteiger partial charge is 0.505 e. The summed E-state index contributed by atoms with van der Waals surface area (Å²) < 4.78 is 0. The molecule has 1 amide bonds. The third-order valence-corrected chi connectivity index (χ3v) is 6.14. The van der Waals surface area contributed by atoms with Gasteiger partial charge in [0.05, 0.1) is 6.42 Å². The molecule has 1 aliphatic rings. The minimum atomic E-state index is -0.332. The maximum Gasteiger partial charge on any atom is 0.238 e. The molecule has 1 fully saturated rings. The van der Waals surface area contributed by atoms with Crippen LogP contribution in [0.2, 0.25) is 5.02 Å². The van der Waals surface area contributed by atoms with Crippen molar-refractivity contribution in [1.29, 1.82) is 0 Å². The molecule has 0 spiro atoms. The van der Waals surface area contributed by atoms with Crippen LogP contribution in [0.4, 0.5) is 0 Å². The van der Waals surface area contributed by atoms with Gasteiger partial charge in [0.2, 0.25) is 5.91 Å². The van der Waals surface area contributed by atoms with Crippen LogP contribution in [-0.2, 0) is 16.6 Å². The topological polar surface area (TPSA) is 92.1 Å². The van der Waals surface area contributed by atoms with Crippen LogP contribution in [0, 0.1) is 0 Å². The third-order valence-electron chi connectivity index (χ3n) is 5.90. The van der Waals surface area contributed by atoms with Gasteiger partial charge in [0.1, 0.15) is 22.5 Å². The van der Waals surface area contributed by atoms with Crippen molar-refractivity contribution in [2.45, 2.75) is 70.8 Å². The van der Waals surface area contributed by atoms with Crippen molar-refractivity contribution in [1.82, 2.24) is 25.8 Å². The van der Waals surface area contributed by atoms with E-state index in [0.717, 1.165) is 24.0 Å². The SMILES string of the molecule is CC(C)(C)c1cc(CC(=O)NNC2CCCCC2)cc(-n2nc3ccc(Cl)cc3n2)c1O. The zero-order valence-corrected chi connectivity index (χ0v) is 19.5. The van der Waals surface area contributed by atoms with Crippen LogP contribution in [0.1, 0.15) is 64.0 Å². The number of fused-ring (bicyclic) bond motifs is 1. The van der Waals surface area contributed by atoms with Crippen LogP contribution in [0.15, 0.2) is 30.3 Å². The molecule has 2 aromatic carbocycles. The van der Waals surface area contributed by atoms with Crippen molar-refractivity contribution in [3.05, 3.63) is 46.5 Å². The molecule has 0 radical (unpaired) electrons. The third kappa shape index (κ3) is 5.05. The van der Waals surface area contributed by atoms with E-state index in [1.54, 1.807) is 24.3 Å². The summed E-state index contributed by atoms with van der Waals surface area (Å²) in [6.07, 6.45) is 6.00. The van der Waals surface area contributed by atoms with Crippen molar-refractivity contribution in [2.75, 3.05) is 0 Å². The van der Waals surface area contributed by atoms with Gasteiger partial charge in [-0.05, 0) is 48.1 Å². The number of carbonyl (C=O) groups excluding carboxylic acids is 1. The first-order chi connectivity index (χ1) is 15.2. The minimum absolute atomic E-state index is 0.105. The predicted octanol–water partition coefficient (Wildman–Crippen LogP) is 4.57. The first-order valence-corrected chi connectivity index (χ1v) is 11.5. The highest BCUT2D eigenvalue weighted by atomic mass is 35.5. The first kappa shape index (κ1) is 22.6. The van der Waals surface area contributed by atoms with E-state index in [-0.39, 0.29) is 23.5 Å². The van der Waals surface area contributed by atoms with Crippen molar-refractivity contribution in [3.8, 4) is 11.4 Å². The molecule has 1 heterocycles. The van der Waals surface area contributed by atoms with Gasteiger partial charge in [-0.1, -0.05) is 57.7 Å². The monoisotopic (exact) mass is 455 g/mol. The summed E-state index contributed by atoms with van der Waals surface area (Å²) in [7, 11) is 0.